The summed E-state index contributed by atoms with van der Waals surface area (Å²) in [6.45, 7) is 3.63. The molecule has 0 spiro atoms. The molecule has 0 saturated heterocycles. The van der Waals surface area contributed by atoms with Crippen LogP contribution in [0.4, 0.5) is 11.4 Å². The fourth-order valence-electron chi connectivity index (χ4n) is 2.02. The van der Waals surface area contributed by atoms with E-state index < -0.39 is 0 Å². The Morgan fingerprint density at radius 2 is 1.85 bits per heavy atom. The first kappa shape index (κ1) is 14.3. The maximum Gasteiger partial charge on any atom is 0.121 e. The molecule has 3 heteroatoms. The lowest BCUT2D eigenvalue weighted by Crippen LogP contribution is -2.23. The van der Waals surface area contributed by atoms with Crippen molar-refractivity contribution < 1.29 is 4.74 Å². The number of hydrogen-bond donors (Lipinski definition) is 1. The van der Waals surface area contributed by atoms with Crippen LogP contribution in [-0.4, -0.2) is 20.2 Å². The van der Waals surface area contributed by atoms with E-state index >= 15 is 0 Å². The van der Waals surface area contributed by atoms with E-state index in [1.54, 1.807) is 0 Å². The van der Waals surface area contributed by atoms with Gasteiger partial charge in [-0.3, -0.25) is 0 Å². The van der Waals surface area contributed by atoms with E-state index in [2.05, 4.69) is 43.1 Å². The molecule has 0 saturated carbocycles. The average molecular weight is 270 g/mol. The van der Waals surface area contributed by atoms with Gasteiger partial charge in [0.1, 0.15) is 12.4 Å². The van der Waals surface area contributed by atoms with E-state index in [0.717, 1.165) is 24.4 Å². The highest BCUT2D eigenvalue weighted by Crippen LogP contribution is 2.16. The molecule has 0 atom stereocenters. The van der Waals surface area contributed by atoms with Crippen molar-refractivity contribution in [3.63, 3.8) is 0 Å². The summed E-state index contributed by atoms with van der Waals surface area (Å²) in [5.74, 6) is 0.819. The molecular weight excluding hydrogens is 248 g/mol. The smallest absolute Gasteiger partial charge is 0.121 e. The van der Waals surface area contributed by atoms with Crippen LogP contribution in [0.2, 0.25) is 0 Å². The Morgan fingerprint density at radius 1 is 1.10 bits per heavy atom. The van der Waals surface area contributed by atoms with Gasteiger partial charge in [0, 0.05) is 24.5 Å². The van der Waals surface area contributed by atoms with Gasteiger partial charge in [0.15, 0.2) is 0 Å². The lowest BCUT2D eigenvalue weighted by molar-refractivity contribution is 0.326. The summed E-state index contributed by atoms with van der Waals surface area (Å²) in [5, 5.41) is 0. The van der Waals surface area contributed by atoms with Gasteiger partial charge in [0.2, 0.25) is 0 Å². The third-order valence-electron chi connectivity index (χ3n) is 3.34. The zero-order valence-electron chi connectivity index (χ0n) is 12.2. The van der Waals surface area contributed by atoms with Crippen molar-refractivity contribution in [2.75, 3.05) is 30.8 Å². The minimum absolute atomic E-state index is 0.634. The monoisotopic (exact) mass is 270 g/mol. The van der Waals surface area contributed by atoms with Crippen molar-refractivity contribution in [3.05, 3.63) is 54.1 Å². The molecule has 0 aliphatic carbocycles. The Bertz CT molecular complexity index is 537. The maximum atomic E-state index is 5.72. The number of nitrogen functional groups attached to an aromatic ring is 1. The maximum absolute atomic E-state index is 5.72. The van der Waals surface area contributed by atoms with Crippen LogP contribution in [0.25, 0.3) is 0 Å². The molecule has 2 N–H and O–H groups in total. The standard InChI is InChI=1S/C17H22N2O/c1-3-14-7-9-16(10-8-14)19(2)11-12-20-17-6-4-5-15(18)13-17/h4-10,13H,3,11-12,18H2,1-2H3. The molecule has 3 nitrogen and oxygen atoms in total. The quantitative estimate of drug-likeness (QED) is 0.818. The van der Waals surface area contributed by atoms with Crippen LogP contribution in [0.5, 0.6) is 5.75 Å². The lowest BCUT2D eigenvalue weighted by atomic mass is 10.1. The Hall–Kier alpha value is -2.16. The number of ether oxygens (including phenoxy) is 1. The molecule has 0 fully saturated rings. The van der Waals surface area contributed by atoms with Crippen molar-refractivity contribution in [3.8, 4) is 5.75 Å². The number of rotatable bonds is 6. The van der Waals surface area contributed by atoms with E-state index in [4.69, 9.17) is 10.5 Å². The molecular formula is C17H22N2O. The molecule has 2 aromatic rings. The highest BCUT2D eigenvalue weighted by molar-refractivity contribution is 5.47. The van der Waals surface area contributed by atoms with Crippen LogP contribution in [0, 0.1) is 0 Å². The van der Waals surface area contributed by atoms with Gasteiger partial charge in [-0.05, 0) is 36.2 Å². The summed E-state index contributed by atoms with van der Waals surface area (Å²) in [4.78, 5) is 2.19. The number of likely N-dealkylation sites (N-methyl/N-ethyl adjacent to an activating group) is 1. The predicted octanol–water partition coefficient (Wildman–Crippen LogP) is 3.35. The Morgan fingerprint density at radius 3 is 2.50 bits per heavy atom. The molecule has 0 aliphatic heterocycles. The molecule has 0 aromatic heterocycles. The highest BCUT2D eigenvalue weighted by atomic mass is 16.5. The Kier molecular flexibility index (Phi) is 4.88. The van der Waals surface area contributed by atoms with Gasteiger partial charge in [0.25, 0.3) is 0 Å². The first-order valence-electron chi connectivity index (χ1n) is 6.97. The van der Waals surface area contributed by atoms with Crippen LogP contribution in [-0.2, 0) is 6.42 Å². The molecule has 2 aromatic carbocycles. The Balaban J connectivity index is 1.83. The van der Waals surface area contributed by atoms with Crippen LogP contribution >= 0.6 is 0 Å². The summed E-state index contributed by atoms with van der Waals surface area (Å²) in [6, 6.07) is 16.2. The summed E-state index contributed by atoms with van der Waals surface area (Å²) >= 11 is 0. The first-order valence-corrected chi connectivity index (χ1v) is 6.97. The zero-order chi connectivity index (χ0) is 14.4. The van der Waals surface area contributed by atoms with E-state index in [1.165, 1.54) is 11.3 Å². The zero-order valence-corrected chi connectivity index (χ0v) is 12.2. The van der Waals surface area contributed by atoms with E-state index in [1.807, 2.05) is 24.3 Å². The SMILES string of the molecule is CCc1ccc(N(C)CCOc2cccc(N)c2)cc1. The molecule has 0 heterocycles. The lowest BCUT2D eigenvalue weighted by Gasteiger charge is -2.19. The molecule has 20 heavy (non-hydrogen) atoms. The van der Waals surface area contributed by atoms with Gasteiger partial charge in [-0.25, -0.2) is 0 Å². The number of anilines is 2. The normalized spacial score (nSPS) is 10.3. The highest BCUT2D eigenvalue weighted by Gasteiger charge is 2.01. The van der Waals surface area contributed by atoms with E-state index in [9.17, 15) is 0 Å². The van der Waals surface area contributed by atoms with E-state index in [-0.39, 0.29) is 0 Å². The van der Waals surface area contributed by atoms with Crippen molar-refractivity contribution in [2.24, 2.45) is 0 Å². The van der Waals surface area contributed by atoms with Crippen LogP contribution in [0.15, 0.2) is 48.5 Å². The van der Waals surface area contributed by atoms with Gasteiger partial charge in [-0.2, -0.15) is 0 Å². The molecule has 0 radical (unpaired) electrons. The summed E-state index contributed by atoms with van der Waals surface area (Å²) < 4.78 is 5.70. The summed E-state index contributed by atoms with van der Waals surface area (Å²) in [6.07, 6.45) is 1.07. The van der Waals surface area contributed by atoms with Gasteiger partial charge in [-0.1, -0.05) is 25.1 Å². The second-order valence-corrected chi connectivity index (χ2v) is 4.86. The summed E-state index contributed by atoms with van der Waals surface area (Å²) in [7, 11) is 2.07. The summed E-state index contributed by atoms with van der Waals surface area (Å²) in [5.41, 5.74) is 9.01. The fraction of sp³-hybridized carbons (Fsp3) is 0.294. The molecule has 0 unspecified atom stereocenters. The fourth-order valence-corrected chi connectivity index (χ4v) is 2.02. The number of benzene rings is 2. The third kappa shape index (κ3) is 3.92. The molecule has 106 valence electrons. The van der Waals surface area contributed by atoms with Crippen LogP contribution < -0.4 is 15.4 Å². The molecule has 2 rings (SSSR count). The first-order chi connectivity index (χ1) is 9.69. The number of aryl methyl sites for hydroxylation is 1. The predicted molar refractivity (Wildman–Crippen MR) is 85.4 cm³/mol. The van der Waals surface area contributed by atoms with Crippen molar-refractivity contribution >= 4 is 11.4 Å². The average Bonchev–Trinajstić information content (AvgIpc) is 2.47. The second-order valence-electron chi connectivity index (χ2n) is 4.86. The molecule has 0 aliphatic rings. The Labute approximate surface area is 121 Å². The van der Waals surface area contributed by atoms with Crippen molar-refractivity contribution in [1.82, 2.24) is 0 Å². The van der Waals surface area contributed by atoms with Gasteiger partial charge in [0.05, 0.1) is 6.54 Å². The van der Waals surface area contributed by atoms with Crippen molar-refractivity contribution in [1.29, 1.82) is 0 Å². The topological polar surface area (TPSA) is 38.5 Å². The minimum atomic E-state index is 0.634. The third-order valence-corrected chi connectivity index (χ3v) is 3.34. The molecule has 0 amide bonds. The van der Waals surface area contributed by atoms with Crippen LogP contribution in [0.1, 0.15) is 12.5 Å². The minimum Gasteiger partial charge on any atom is -0.492 e. The van der Waals surface area contributed by atoms with Gasteiger partial charge in [-0.15, -0.1) is 0 Å². The number of hydrogen-bond acceptors (Lipinski definition) is 3. The van der Waals surface area contributed by atoms with Gasteiger partial charge < -0.3 is 15.4 Å². The van der Waals surface area contributed by atoms with Gasteiger partial charge >= 0.3 is 0 Å². The number of nitrogens with two attached hydrogens (primary N) is 1. The number of nitrogens with zero attached hydrogens (tertiary/aromatic N) is 1. The van der Waals surface area contributed by atoms with Crippen molar-refractivity contribution in [2.45, 2.75) is 13.3 Å². The second kappa shape index (κ2) is 6.85. The largest absolute Gasteiger partial charge is 0.492 e. The van der Waals surface area contributed by atoms with Crippen LogP contribution in [0.3, 0.4) is 0 Å². The molecule has 0 bridgehead atoms. The van der Waals surface area contributed by atoms with E-state index in [0.29, 0.717) is 6.61 Å².